The summed E-state index contributed by atoms with van der Waals surface area (Å²) in [5.74, 6) is 0. The van der Waals surface area contributed by atoms with Crippen LogP contribution in [-0.2, 0) is 19.6 Å². The van der Waals surface area contributed by atoms with Gasteiger partial charge in [-0.2, -0.15) is 0 Å². The lowest BCUT2D eigenvalue weighted by Crippen LogP contribution is -2.11. The van der Waals surface area contributed by atoms with Gasteiger partial charge in [-0.15, -0.1) is 0 Å². The molecule has 0 saturated carbocycles. The Bertz CT molecular complexity index is 236. The van der Waals surface area contributed by atoms with E-state index in [9.17, 15) is 0 Å². The van der Waals surface area contributed by atoms with Crippen molar-refractivity contribution in [1.29, 1.82) is 0 Å². The van der Waals surface area contributed by atoms with Crippen molar-refractivity contribution in [2.45, 2.75) is 19.6 Å². The van der Waals surface area contributed by atoms with Crippen molar-refractivity contribution < 1.29 is 0 Å². The molecule has 0 saturated heterocycles. The topological polar surface area (TPSA) is 78.1 Å². The highest BCUT2D eigenvalue weighted by Crippen LogP contribution is 2.13. The lowest BCUT2D eigenvalue weighted by molar-refractivity contribution is 0.929. The van der Waals surface area contributed by atoms with Crippen LogP contribution in [0.4, 0.5) is 0 Å². The number of nitrogens with two attached hydrogens (primary N) is 3. The Kier molecular flexibility index (Phi) is 3.22. The monoisotopic (exact) mass is 165 g/mol. The molecule has 0 atom stereocenters. The van der Waals surface area contributed by atoms with E-state index in [-0.39, 0.29) is 0 Å². The van der Waals surface area contributed by atoms with Crippen molar-refractivity contribution >= 4 is 0 Å². The van der Waals surface area contributed by atoms with E-state index in [1.807, 2.05) is 18.2 Å². The van der Waals surface area contributed by atoms with E-state index in [2.05, 4.69) is 0 Å². The first kappa shape index (κ1) is 9.19. The van der Waals surface area contributed by atoms with Crippen LogP contribution < -0.4 is 17.2 Å². The molecule has 6 N–H and O–H groups in total. The van der Waals surface area contributed by atoms with Crippen molar-refractivity contribution in [2.24, 2.45) is 17.2 Å². The molecule has 1 aromatic carbocycles. The first-order valence-electron chi connectivity index (χ1n) is 4.03. The lowest BCUT2D eigenvalue weighted by atomic mass is 10.0. The summed E-state index contributed by atoms with van der Waals surface area (Å²) >= 11 is 0. The van der Waals surface area contributed by atoms with E-state index < -0.39 is 0 Å². The van der Waals surface area contributed by atoms with Gasteiger partial charge in [0.1, 0.15) is 0 Å². The van der Waals surface area contributed by atoms with Crippen LogP contribution in [0.5, 0.6) is 0 Å². The maximum atomic E-state index is 5.59. The highest BCUT2D eigenvalue weighted by Gasteiger charge is 2.02. The van der Waals surface area contributed by atoms with Crippen molar-refractivity contribution in [3.63, 3.8) is 0 Å². The average molecular weight is 165 g/mol. The van der Waals surface area contributed by atoms with Crippen LogP contribution in [0.2, 0.25) is 0 Å². The molecule has 12 heavy (non-hydrogen) atoms. The molecular formula is C9H15N3. The largest absolute Gasteiger partial charge is 0.326 e. The fourth-order valence-corrected chi connectivity index (χ4v) is 1.33. The number of rotatable bonds is 3. The van der Waals surface area contributed by atoms with E-state index in [0.717, 1.165) is 16.7 Å². The van der Waals surface area contributed by atoms with Crippen LogP contribution >= 0.6 is 0 Å². The van der Waals surface area contributed by atoms with Crippen LogP contribution in [0, 0.1) is 0 Å². The van der Waals surface area contributed by atoms with Crippen molar-refractivity contribution in [1.82, 2.24) is 0 Å². The lowest BCUT2D eigenvalue weighted by Gasteiger charge is -2.09. The fraction of sp³-hybridized carbons (Fsp3) is 0.333. The summed E-state index contributed by atoms with van der Waals surface area (Å²) in [7, 11) is 0. The third-order valence-corrected chi connectivity index (χ3v) is 2.01. The van der Waals surface area contributed by atoms with E-state index in [1.165, 1.54) is 0 Å². The maximum absolute atomic E-state index is 5.59. The average Bonchev–Trinajstić information content (AvgIpc) is 2.16. The van der Waals surface area contributed by atoms with Gasteiger partial charge in [0, 0.05) is 19.6 Å². The predicted molar refractivity (Wildman–Crippen MR) is 50.1 cm³/mol. The van der Waals surface area contributed by atoms with Crippen LogP contribution in [0.25, 0.3) is 0 Å². The van der Waals surface area contributed by atoms with Crippen LogP contribution in [0.1, 0.15) is 16.7 Å². The zero-order chi connectivity index (χ0) is 8.97. The number of hydrogen-bond acceptors (Lipinski definition) is 3. The van der Waals surface area contributed by atoms with Crippen LogP contribution in [-0.4, -0.2) is 0 Å². The van der Waals surface area contributed by atoms with E-state index >= 15 is 0 Å². The molecule has 0 aliphatic heterocycles. The SMILES string of the molecule is NCc1cccc(CN)c1CN. The molecular weight excluding hydrogens is 150 g/mol. The Balaban J connectivity index is 3.13. The maximum Gasteiger partial charge on any atom is 0.0184 e. The van der Waals surface area contributed by atoms with Crippen LogP contribution in [0.3, 0.4) is 0 Å². The van der Waals surface area contributed by atoms with Crippen molar-refractivity contribution in [3.05, 3.63) is 34.9 Å². The standard InChI is InChI=1S/C9H15N3/c10-4-7-2-1-3-8(5-11)9(7)6-12/h1-3H,4-6,10-12H2. The van der Waals surface area contributed by atoms with E-state index in [0.29, 0.717) is 19.6 Å². The minimum atomic E-state index is 0.514. The van der Waals surface area contributed by atoms with Gasteiger partial charge in [-0.25, -0.2) is 0 Å². The highest BCUT2D eigenvalue weighted by molar-refractivity contribution is 5.34. The molecule has 1 rings (SSSR count). The first-order valence-corrected chi connectivity index (χ1v) is 4.03. The summed E-state index contributed by atoms with van der Waals surface area (Å²) in [6.45, 7) is 1.57. The summed E-state index contributed by atoms with van der Waals surface area (Å²) in [6, 6.07) is 5.94. The molecule has 0 spiro atoms. The molecule has 66 valence electrons. The molecule has 0 aliphatic carbocycles. The molecule has 0 unspecified atom stereocenters. The highest BCUT2D eigenvalue weighted by atomic mass is 14.6. The Morgan fingerprint density at radius 2 is 1.33 bits per heavy atom. The zero-order valence-corrected chi connectivity index (χ0v) is 7.09. The summed E-state index contributed by atoms with van der Waals surface area (Å²) in [4.78, 5) is 0. The minimum Gasteiger partial charge on any atom is -0.326 e. The summed E-state index contributed by atoms with van der Waals surface area (Å²) in [5, 5.41) is 0. The Morgan fingerprint density at radius 1 is 0.833 bits per heavy atom. The van der Waals surface area contributed by atoms with Crippen molar-refractivity contribution in [3.8, 4) is 0 Å². The Morgan fingerprint density at radius 3 is 1.67 bits per heavy atom. The number of benzene rings is 1. The molecule has 0 radical (unpaired) electrons. The van der Waals surface area contributed by atoms with Gasteiger partial charge in [-0.3, -0.25) is 0 Å². The quantitative estimate of drug-likeness (QED) is 0.592. The minimum absolute atomic E-state index is 0.514. The summed E-state index contributed by atoms with van der Waals surface area (Å²) in [5.41, 5.74) is 20.0. The molecule has 0 fully saturated rings. The van der Waals surface area contributed by atoms with E-state index in [4.69, 9.17) is 17.2 Å². The third kappa shape index (κ3) is 1.64. The smallest absolute Gasteiger partial charge is 0.0184 e. The predicted octanol–water partition coefficient (Wildman–Crippen LogP) is 0.0627. The van der Waals surface area contributed by atoms with E-state index in [1.54, 1.807) is 0 Å². The van der Waals surface area contributed by atoms with Crippen molar-refractivity contribution in [2.75, 3.05) is 0 Å². The van der Waals surface area contributed by atoms with Gasteiger partial charge in [0.2, 0.25) is 0 Å². The molecule has 1 aromatic rings. The second-order valence-corrected chi connectivity index (χ2v) is 2.67. The van der Waals surface area contributed by atoms with Gasteiger partial charge in [0.05, 0.1) is 0 Å². The molecule has 0 heterocycles. The van der Waals surface area contributed by atoms with Crippen LogP contribution in [0.15, 0.2) is 18.2 Å². The zero-order valence-electron chi connectivity index (χ0n) is 7.09. The van der Waals surface area contributed by atoms with Gasteiger partial charge >= 0.3 is 0 Å². The third-order valence-electron chi connectivity index (χ3n) is 2.01. The second-order valence-electron chi connectivity index (χ2n) is 2.67. The summed E-state index contributed by atoms with van der Waals surface area (Å²) < 4.78 is 0. The second kappa shape index (κ2) is 4.21. The molecule has 0 aromatic heterocycles. The van der Waals surface area contributed by atoms with Gasteiger partial charge in [-0.05, 0) is 16.7 Å². The molecule has 0 bridgehead atoms. The fourth-order valence-electron chi connectivity index (χ4n) is 1.33. The molecule has 0 amide bonds. The van der Waals surface area contributed by atoms with Gasteiger partial charge < -0.3 is 17.2 Å². The Hall–Kier alpha value is -0.900. The number of hydrogen-bond donors (Lipinski definition) is 3. The molecule has 0 aliphatic rings. The van der Waals surface area contributed by atoms with Gasteiger partial charge in [0.25, 0.3) is 0 Å². The van der Waals surface area contributed by atoms with Gasteiger partial charge in [0.15, 0.2) is 0 Å². The first-order chi connectivity index (χ1) is 5.83. The van der Waals surface area contributed by atoms with Gasteiger partial charge in [-0.1, -0.05) is 18.2 Å². The normalized spacial score (nSPS) is 10.2. The summed E-state index contributed by atoms with van der Waals surface area (Å²) in [6.07, 6.45) is 0. The Labute approximate surface area is 72.5 Å². The molecule has 3 nitrogen and oxygen atoms in total. The molecule has 3 heteroatoms.